The van der Waals surface area contributed by atoms with Gasteiger partial charge in [0.25, 0.3) is 0 Å². The first kappa shape index (κ1) is 18.5. The third-order valence-corrected chi connectivity index (χ3v) is 4.76. The first-order valence-electron chi connectivity index (χ1n) is 7.28. The maximum absolute atomic E-state index is 13.8. The van der Waals surface area contributed by atoms with Gasteiger partial charge in [-0.3, -0.25) is 10.1 Å². The van der Waals surface area contributed by atoms with Crippen LogP contribution in [0, 0.1) is 11.6 Å². The maximum Gasteiger partial charge on any atom is 0.250 e. The first-order valence-corrected chi connectivity index (χ1v) is 8.91. The molecular formula is C18H10Cl2F2N2OS. The van der Waals surface area contributed by atoms with E-state index in [-0.39, 0.29) is 10.7 Å². The molecule has 0 aliphatic rings. The SMILES string of the molecule is O=C(C=Cc1c(Cl)cccc1Cl)Nc1nc(-c2ccc(F)cc2F)cs1. The summed E-state index contributed by atoms with van der Waals surface area (Å²) in [5.74, 6) is -1.83. The zero-order valence-electron chi connectivity index (χ0n) is 13.0. The van der Waals surface area contributed by atoms with Crippen LogP contribution in [0.3, 0.4) is 0 Å². The van der Waals surface area contributed by atoms with E-state index in [2.05, 4.69) is 10.3 Å². The van der Waals surface area contributed by atoms with Crippen molar-refractivity contribution in [2.24, 2.45) is 0 Å². The van der Waals surface area contributed by atoms with Crippen LogP contribution in [-0.4, -0.2) is 10.9 Å². The minimum absolute atomic E-state index is 0.154. The first-order chi connectivity index (χ1) is 12.4. The number of amides is 1. The van der Waals surface area contributed by atoms with E-state index in [0.717, 1.165) is 23.5 Å². The number of nitrogens with one attached hydrogen (secondary N) is 1. The Morgan fingerprint density at radius 1 is 1.15 bits per heavy atom. The monoisotopic (exact) mass is 410 g/mol. The molecular weight excluding hydrogens is 401 g/mol. The molecule has 1 aromatic heterocycles. The number of rotatable bonds is 4. The van der Waals surface area contributed by atoms with Gasteiger partial charge in [0, 0.05) is 38.7 Å². The fourth-order valence-electron chi connectivity index (χ4n) is 2.13. The number of thiazole rings is 1. The second-order valence-corrected chi connectivity index (χ2v) is 6.79. The van der Waals surface area contributed by atoms with E-state index in [1.165, 1.54) is 18.2 Å². The Morgan fingerprint density at radius 2 is 1.88 bits per heavy atom. The van der Waals surface area contributed by atoms with Crippen molar-refractivity contribution in [1.82, 2.24) is 4.98 Å². The molecule has 0 radical (unpaired) electrons. The van der Waals surface area contributed by atoms with Gasteiger partial charge in [-0.05, 0) is 30.3 Å². The molecule has 0 saturated carbocycles. The molecule has 132 valence electrons. The molecule has 8 heteroatoms. The topological polar surface area (TPSA) is 42.0 Å². The summed E-state index contributed by atoms with van der Waals surface area (Å²) in [4.78, 5) is 16.2. The number of carbonyl (C=O) groups excluding carboxylic acids is 1. The molecule has 3 aromatic rings. The summed E-state index contributed by atoms with van der Waals surface area (Å²) in [5, 5.41) is 5.26. The minimum Gasteiger partial charge on any atom is -0.298 e. The van der Waals surface area contributed by atoms with Gasteiger partial charge in [-0.15, -0.1) is 11.3 Å². The number of carbonyl (C=O) groups is 1. The van der Waals surface area contributed by atoms with Crippen molar-refractivity contribution in [3.05, 3.63) is 75.1 Å². The van der Waals surface area contributed by atoms with Crippen LogP contribution in [0.15, 0.2) is 47.9 Å². The highest BCUT2D eigenvalue weighted by Gasteiger charge is 2.11. The molecule has 3 nitrogen and oxygen atoms in total. The normalized spacial score (nSPS) is 11.1. The van der Waals surface area contributed by atoms with Crippen molar-refractivity contribution in [2.75, 3.05) is 5.32 Å². The van der Waals surface area contributed by atoms with Gasteiger partial charge >= 0.3 is 0 Å². The Bertz CT molecular complexity index is 984. The number of halogens is 4. The van der Waals surface area contributed by atoms with Gasteiger partial charge in [-0.1, -0.05) is 29.3 Å². The van der Waals surface area contributed by atoms with E-state index in [0.29, 0.717) is 21.3 Å². The maximum atomic E-state index is 13.8. The van der Waals surface area contributed by atoms with Crippen LogP contribution in [0.1, 0.15) is 5.56 Å². The molecule has 0 fully saturated rings. The van der Waals surface area contributed by atoms with E-state index in [1.807, 2.05) is 0 Å². The molecule has 1 heterocycles. The summed E-state index contributed by atoms with van der Waals surface area (Å²) in [5.41, 5.74) is 0.988. The van der Waals surface area contributed by atoms with E-state index in [4.69, 9.17) is 23.2 Å². The summed E-state index contributed by atoms with van der Waals surface area (Å²) in [6, 6.07) is 8.25. The van der Waals surface area contributed by atoms with Crippen LogP contribution in [0.2, 0.25) is 10.0 Å². The third kappa shape index (κ3) is 4.27. The smallest absolute Gasteiger partial charge is 0.250 e. The molecule has 0 saturated heterocycles. The van der Waals surface area contributed by atoms with Crippen molar-refractivity contribution in [2.45, 2.75) is 0 Å². The van der Waals surface area contributed by atoms with Crippen LogP contribution in [0.5, 0.6) is 0 Å². The second-order valence-electron chi connectivity index (χ2n) is 5.12. The van der Waals surface area contributed by atoms with Crippen LogP contribution in [-0.2, 0) is 4.79 Å². The zero-order valence-corrected chi connectivity index (χ0v) is 15.3. The second kappa shape index (κ2) is 7.95. The van der Waals surface area contributed by atoms with Gasteiger partial charge in [-0.25, -0.2) is 13.8 Å². The predicted octanol–water partition coefficient (Wildman–Crippen LogP) is 6.05. The highest BCUT2D eigenvalue weighted by atomic mass is 35.5. The summed E-state index contributed by atoms with van der Waals surface area (Å²) in [6.45, 7) is 0. The number of nitrogens with zero attached hydrogens (tertiary/aromatic N) is 1. The molecule has 2 aromatic carbocycles. The van der Waals surface area contributed by atoms with Crippen LogP contribution in [0.25, 0.3) is 17.3 Å². The van der Waals surface area contributed by atoms with Crippen LogP contribution < -0.4 is 5.32 Å². The molecule has 0 unspecified atom stereocenters. The van der Waals surface area contributed by atoms with Crippen molar-refractivity contribution < 1.29 is 13.6 Å². The quantitative estimate of drug-likeness (QED) is 0.532. The fourth-order valence-corrected chi connectivity index (χ4v) is 3.37. The molecule has 0 spiro atoms. The predicted molar refractivity (Wildman–Crippen MR) is 102 cm³/mol. The summed E-state index contributed by atoms with van der Waals surface area (Å²) in [7, 11) is 0. The van der Waals surface area contributed by atoms with Gasteiger partial charge in [0.05, 0.1) is 5.69 Å². The Hall–Kier alpha value is -2.28. The van der Waals surface area contributed by atoms with E-state index >= 15 is 0 Å². The number of hydrogen-bond acceptors (Lipinski definition) is 3. The lowest BCUT2D eigenvalue weighted by molar-refractivity contribution is -0.111. The van der Waals surface area contributed by atoms with Gasteiger partial charge in [-0.2, -0.15) is 0 Å². The Kier molecular flexibility index (Phi) is 5.66. The van der Waals surface area contributed by atoms with Gasteiger partial charge in [0.15, 0.2) is 5.13 Å². The summed E-state index contributed by atoms with van der Waals surface area (Å²) < 4.78 is 26.8. The molecule has 26 heavy (non-hydrogen) atoms. The van der Waals surface area contributed by atoms with Crippen LogP contribution in [0.4, 0.5) is 13.9 Å². The van der Waals surface area contributed by atoms with Crippen molar-refractivity contribution in [3.63, 3.8) is 0 Å². The molecule has 0 bridgehead atoms. The Labute approximate surface area is 161 Å². The van der Waals surface area contributed by atoms with Crippen molar-refractivity contribution >= 4 is 51.7 Å². The lowest BCUT2D eigenvalue weighted by atomic mass is 10.1. The average molecular weight is 411 g/mol. The zero-order chi connectivity index (χ0) is 18.7. The molecule has 1 N–H and O–H groups in total. The highest BCUT2D eigenvalue weighted by Crippen LogP contribution is 2.28. The molecule has 0 aliphatic carbocycles. The fraction of sp³-hybridized carbons (Fsp3) is 0. The number of hydrogen-bond donors (Lipinski definition) is 1. The van der Waals surface area contributed by atoms with Gasteiger partial charge < -0.3 is 0 Å². The molecule has 0 aliphatic heterocycles. The Balaban J connectivity index is 1.73. The largest absolute Gasteiger partial charge is 0.298 e. The number of aromatic nitrogens is 1. The van der Waals surface area contributed by atoms with E-state index < -0.39 is 17.5 Å². The third-order valence-electron chi connectivity index (χ3n) is 3.34. The lowest BCUT2D eigenvalue weighted by Gasteiger charge is -2.01. The van der Waals surface area contributed by atoms with Crippen molar-refractivity contribution in [3.8, 4) is 11.3 Å². The van der Waals surface area contributed by atoms with Crippen LogP contribution >= 0.6 is 34.5 Å². The average Bonchev–Trinajstić information content (AvgIpc) is 3.02. The standard InChI is InChI=1S/C18H10Cl2F2N2OS/c19-13-2-1-3-14(20)11(13)6-7-17(25)24-18-23-16(9-26-18)12-5-4-10(21)8-15(12)22/h1-9H,(H,23,24,25). The highest BCUT2D eigenvalue weighted by molar-refractivity contribution is 7.14. The van der Waals surface area contributed by atoms with E-state index in [9.17, 15) is 13.6 Å². The number of benzene rings is 2. The summed E-state index contributed by atoms with van der Waals surface area (Å²) in [6.07, 6.45) is 2.76. The van der Waals surface area contributed by atoms with Crippen molar-refractivity contribution in [1.29, 1.82) is 0 Å². The summed E-state index contributed by atoms with van der Waals surface area (Å²) >= 11 is 13.2. The minimum atomic E-state index is -0.721. The molecule has 0 atom stereocenters. The lowest BCUT2D eigenvalue weighted by Crippen LogP contribution is -2.07. The molecule has 1 amide bonds. The van der Waals surface area contributed by atoms with Gasteiger partial charge in [0.1, 0.15) is 11.6 Å². The van der Waals surface area contributed by atoms with Gasteiger partial charge in [0.2, 0.25) is 5.91 Å². The number of anilines is 1. The molecule has 3 rings (SSSR count). The van der Waals surface area contributed by atoms with E-state index in [1.54, 1.807) is 23.6 Å². The Morgan fingerprint density at radius 3 is 2.58 bits per heavy atom.